The molecule has 1 atom stereocenters. The minimum absolute atomic E-state index is 0.122. The van der Waals surface area contributed by atoms with Crippen molar-refractivity contribution in [1.82, 2.24) is 9.96 Å². The Balaban J connectivity index is 1.61. The maximum absolute atomic E-state index is 12.3. The van der Waals surface area contributed by atoms with Gasteiger partial charge in [-0.2, -0.15) is 0 Å². The van der Waals surface area contributed by atoms with E-state index in [1.807, 2.05) is 0 Å². The molecule has 3 rings (SSSR count). The minimum atomic E-state index is -0.717. The van der Waals surface area contributed by atoms with Crippen LogP contribution in [0.1, 0.15) is 47.9 Å². The van der Waals surface area contributed by atoms with Crippen LogP contribution in [0.25, 0.3) is 0 Å². The molecule has 8 heteroatoms. The Morgan fingerprint density at radius 1 is 1.08 bits per heavy atom. The van der Waals surface area contributed by atoms with Crippen molar-refractivity contribution in [2.45, 2.75) is 32.8 Å². The molecule has 1 aromatic rings. The molecule has 0 aliphatic carbocycles. The van der Waals surface area contributed by atoms with Crippen LogP contribution in [0.5, 0.6) is 0 Å². The Kier molecular flexibility index (Phi) is 4.43. The first-order valence-electron chi connectivity index (χ1n) is 8.35. The summed E-state index contributed by atoms with van der Waals surface area (Å²) in [7, 11) is 0. The molecule has 0 spiro atoms. The number of hydroxylamine groups is 2. The van der Waals surface area contributed by atoms with Crippen LogP contribution in [0.15, 0.2) is 24.3 Å². The van der Waals surface area contributed by atoms with E-state index in [1.54, 1.807) is 32.9 Å². The highest BCUT2D eigenvalue weighted by Crippen LogP contribution is 2.25. The summed E-state index contributed by atoms with van der Waals surface area (Å²) in [5.74, 6) is -2.67. The third-order valence-corrected chi connectivity index (χ3v) is 4.11. The molecule has 2 aliphatic rings. The van der Waals surface area contributed by atoms with Crippen molar-refractivity contribution in [2.24, 2.45) is 5.92 Å². The quantitative estimate of drug-likeness (QED) is 0.749. The summed E-state index contributed by atoms with van der Waals surface area (Å²) in [6.45, 7) is 5.74. The molecule has 8 nitrogen and oxygen atoms in total. The second-order valence-electron chi connectivity index (χ2n) is 7.27. The average molecular weight is 360 g/mol. The number of rotatable bonds is 2. The lowest BCUT2D eigenvalue weighted by Crippen LogP contribution is -2.38. The molecule has 0 N–H and O–H groups in total. The summed E-state index contributed by atoms with van der Waals surface area (Å²) in [5.41, 5.74) is -0.227. The van der Waals surface area contributed by atoms with Crippen molar-refractivity contribution < 1.29 is 28.8 Å². The van der Waals surface area contributed by atoms with Crippen LogP contribution in [0, 0.1) is 5.92 Å². The number of hydrogen-bond donors (Lipinski definition) is 0. The number of amides is 3. The second-order valence-corrected chi connectivity index (χ2v) is 7.27. The Hall–Kier alpha value is -2.90. The fraction of sp³-hybridized carbons (Fsp3) is 0.444. The van der Waals surface area contributed by atoms with Gasteiger partial charge in [0, 0.05) is 13.1 Å². The molecule has 1 fully saturated rings. The number of benzene rings is 1. The number of carbonyl (C=O) groups is 4. The van der Waals surface area contributed by atoms with Crippen molar-refractivity contribution >= 4 is 23.9 Å². The van der Waals surface area contributed by atoms with Crippen LogP contribution < -0.4 is 0 Å². The molecule has 26 heavy (non-hydrogen) atoms. The van der Waals surface area contributed by atoms with Gasteiger partial charge in [-0.3, -0.25) is 9.59 Å². The van der Waals surface area contributed by atoms with Gasteiger partial charge in [-0.25, -0.2) is 9.59 Å². The van der Waals surface area contributed by atoms with Crippen molar-refractivity contribution in [3.05, 3.63) is 35.4 Å². The highest BCUT2D eigenvalue weighted by Gasteiger charge is 2.41. The summed E-state index contributed by atoms with van der Waals surface area (Å²) in [5, 5.41) is 0.489. The number of imide groups is 1. The summed E-state index contributed by atoms with van der Waals surface area (Å²) >= 11 is 0. The van der Waals surface area contributed by atoms with Gasteiger partial charge in [0.2, 0.25) is 0 Å². The number of ether oxygens (including phenoxy) is 1. The molecule has 3 amide bonds. The predicted molar refractivity (Wildman–Crippen MR) is 88.9 cm³/mol. The second kappa shape index (κ2) is 6.44. The zero-order valence-electron chi connectivity index (χ0n) is 14.9. The maximum Gasteiger partial charge on any atom is 0.410 e. The van der Waals surface area contributed by atoms with Gasteiger partial charge in [0.15, 0.2) is 0 Å². The Morgan fingerprint density at radius 2 is 1.65 bits per heavy atom. The highest BCUT2D eigenvalue weighted by atomic mass is 16.7. The lowest BCUT2D eigenvalue weighted by atomic mass is 10.1. The number of hydrogen-bond acceptors (Lipinski definition) is 6. The third kappa shape index (κ3) is 3.40. The lowest BCUT2D eigenvalue weighted by Gasteiger charge is -2.24. The summed E-state index contributed by atoms with van der Waals surface area (Å²) in [6, 6.07) is 6.27. The number of carbonyl (C=O) groups excluding carboxylic acids is 4. The van der Waals surface area contributed by atoms with Gasteiger partial charge in [-0.1, -0.05) is 17.2 Å². The van der Waals surface area contributed by atoms with Gasteiger partial charge in [-0.05, 0) is 39.3 Å². The smallest absolute Gasteiger partial charge is 0.410 e. The molecule has 0 bridgehead atoms. The molecular weight excluding hydrogens is 340 g/mol. The van der Waals surface area contributed by atoms with Crippen LogP contribution in [0.2, 0.25) is 0 Å². The predicted octanol–water partition coefficient (Wildman–Crippen LogP) is 2.00. The van der Waals surface area contributed by atoms with Crippen molar-refractivity contribution in [1.29, 1.82) is 0 Å². The van der Waals surface area contributed by atoms with E-state index < -0.39 is 35.4 Å². The lowest BCUT2D eigenvalue weighted by molar-refractivity contribution is -0.173. The number of likely N-dealkylation sites (tertiary alicyclic amines) is 1. The van der Waals surface area contributed by atoms with Gasteiger partial charge in [-0.15, -0.1) is 0 Å². The van der Waals surface area contributed by atoms with Gasteiger partial charge >= 0.3 is 12.1 Å². The standard InChI is InChI=1S/C18H20N2O6/c1-18(2,3)25-17(24)19-9-8-11(10-19)16(23)26-20-14(21)12-6-4-5-7-13(12)15(20)22/h4-7,11H,8-10H2,1-3H3. The van der Waals surface area contributed by atoms with E-state index in [-0.39, 0.29) is 17.7 Å². The largest absolute Gasteiger partial charge is 0.444 e. The minimum Gasteiger partial charge on any atom is -0.444 e. The first-order chi connectivity index (χ1) is 12.2. The van der Waals surface area contributed by atoms with Crippen molar-refractivity contribution in [2.75, 3.05) is 13.1 Å². The summed E-state index contributed by atoms with van der Waals surface area (Å²) in [6.07, 6.45) is -0.130. The van der Waals surface area contributed by atoms with Crippen LogP contribution in [0.3, 0.4) is 0 Å². The van der Waals surface area contributed by atoms with E-state index >= 15 is 0 Å². The van der Waals surface area contributed by atoms with Gasteiger partial charge < -0.3 is 14.5 Å². The first kappa shape index (κ1) is 17.9. The SMILES string of the molecule is CC(C)(C)OC(=O)N1CCC(C(=O)ON2C(=O)c3ccccc3C2=O)C1. The molecule has 0 radical (unpaired) electrons. The molecule has 138 valence electrons. The summed E-state index contributed by atoms with van der Waals surface area (Å²) < 4.78 is 5.28. The van der Waals surface area contributed by atoms with E-state index in [0.29, 0.717) is 18.0 Å². The van der Waals surface area contributed by atoms with E-state index in [4.69, 9.17) is 9.57 Å². The molecule has 1 unspecified atom stereocenters. The fourth-order valence-electron chi connectivity index (χ4n) is 2.86. The van der Waals surface area contributed by atoms with Gasteiger partial charge in [0.05, 0.1) is 17.0 Å². The van der Waals surface area contributed by atoms with E-state index in [0.717, 1.165) is 0 Å². The van der Waals surface area contributed by atoms with Crippen molar-refractivity contribution in [3.8, 4) is 0 Å². The topological polar surface area (TPSA) is 93.2 Å². The molecule has 2 heterocycles. The molecule has 0 saturated carbocycles. The summed E-state index contributed by atoms with van der Waals surface area (Å²) in [4.78, 5) is 55.3. The molecule has 0 aromatic heterocycles. The molecule has 1 aromatic carbocycles. The first-order valence-corrected chi connectivity index (χ1v) is 8.35. The van der Waals surface area contributed by atoms with Crippen molar-refractivity contribution in [3.63, 3.8) is 0 Å². The Morgan fingerprint density at radius 3 is 2.19 bits per heavy atom. The van der Waals surface area contributed by atoms with Crippen LogP contribution >= 0.6 is 0 Å². The van der Waals surface area contributed by atoms with Crippen LogP contribution in [-0.2, 0) is 14.4 Å². The maximum atomic E-state index is 12.3. The molecule has 1 saturated heterocycles. The monoisotopic (exact) mass is 360 g/mol. The Labute approximate surface area is 150 Å². The fourth-order valence-corrected chi connectivity index (χ4v) is 2.86. The molecular formula is C18H20N2O6. The Bertz CT molecular complexity index is 747. The average Bonchev–Trinajstić information content (AvgIpc) is 3.14. The zero-order chi connectivity index (χ0) is 19.1. The van der Waals surface area contributed by atoms with E-state index in [9.17, 15) is 19.2 Å². The van der Waals surface area contributed by atoms with E-state index in [2.05, 4.69) is 0 Å². The normalized spacial score (nSPS) is 19.6. The van der Waals surface area contributed by atoms with E-state index in [1.165, 1.54) is 17.0 Å². The van der Waals surface area contributed by atoms with Crippen LogP contribution in [0.4, 0.5) is 4.79 Å². The third-order valence-electron chi connectivity index (χ3n) is 4.11. The number of fused-ring (bicyclic) bond motifs is 1. The van der Waals surface area contributed by atoms with Crippen LogP contribution in [-0.4, -0.2) is 52.5 Å². The number of nitrogens with zero attached hydrogens (tertiary/aromatic N) is 2. The van der Waals surface area contributed by atoms with Gasteiger partial charge in [0.1, 0.15) is 5.60 Å². The zero-order valence-corrected chi connectivity index (χ0v) is 14.9. The van der Waals surface area contributed by atoms with Gasteiger partial charge in [0.25, 0.3) is 11.8 Å². The highest BCUT2D eigenvalue weighted by molar-refractivity contribution is 6.20. The molecule has 2 aliphatic heterocycles.